The molecule has 11 nitrogen and oxygen atoms in total. The molecule has 0 aromatic heterocycles. The molecule has 0 radical (unpaired) electrons. The zero-order valence-electron chi connectivity index (χ0n) is 13.2. The van der Waals surface area contributed by atoms with E-state index in [-0.39, 0.29) is 24.1 Å². The summed E-state index contributed by atoms with van der Waals surface area (Å²) in [5, 5.41) is 10.3. The van der Waals surface area contributed by atoms with Crippen LogP contribution in [0.4, 0.5) is 5.69 Å². The molecule has 2 amide bonds. The molecule has 12 heteroatoms. The minimum Gasteiger partial charge on any atom is -0.480 e. The van der Waals surface area contributed by atoms with Crippen molar-refractivity contribution in [1.82, 2.24) is 4.90 Å². The number of nitrogens with zero attached hydrogens (tertiary/aromatic N) is 4. The number of azide groups is 1. The number of hydrogen-bond donors (Lipinski definition) is 2. The van der Waals surface area contributed by atoms with Gasteiger partial charge in [0.2, 0.25) is 11.8 Å². The average molecular weight is 382 g/mol. The number of carbonyl (C=O) groups excluding carboxylic acids is 2. The second-order valence-electron chi connectivity index (χ2n) is 5.53. The van der Waals surface area contributed by atoms with E-state index >= 15 is 0 Å². The standard InChI is InChI=1S/C14H14N4O7S/c15-17-16-9-3-1-8(2-4-9)10(18-12(19)5-6-13(18)20)7-11(14(21)22)26(23,24)25/h1-4,10-11H,5-7H2,(H,21,22)(H,23,24,25). The summed E-state index contributed by atoms with van der Waals surface area (Å²) in [6.07, 6.45) is -0.863. The Morgan fingerprint density at radius 1 is 1.23 bits per heavy atom. The minimum atomic E-state index is -4.96. The lowest BCUT2D eigenvalue weighted by atomic mass is 9.99. The Morgan fingerprint density at radius 2 is 1.77 bits per heavy atom. The number of amides is 2. The normalized spacial score (nSPS) is 16.9. The monoisotopic (exact) mass is 382 g/mol. The Hall–Kier alpha value is -2.95. The molecule has 1 heterocycles. The van der Waals surface area contributed by atoms with E-state index < -0.39 is 45.6 Å². The number of hydrogen-bond acceptors (Lipinski definition) is 6. The second kappa shape index (κ2) is 7.52. The Labute approximate surface area is 147 Å². The molecule has 0 aliphatic carbocycles. The third-order valence-corrected chi connectivity index (χ3v) is 5.03. The fraction of sp³-hybridized carbons (Fsp3) is 0.357. The Bertz CT molecular complexity index is 874. The predicted octanol–water partition coefficient (Wildman–Crippen LogP) is 1.55. The smallest absolute Gasteiger partial charge is 0.324 e. The van der Waals surface area contributed by atoms with Gasteiger partial charge in [-0.2, -0.15) is 8.42 Å². The quantitative estimate of drug-likeness (QED) is 0.236. The minimum absolute atomic E-state index is 0.0737. The summed E-state index contributed by atoms with van der Waals surface area (Å²) in [6, 6.07) is 4.31. The Morgan fingerprint density at radius 3 is 2.19 bits per heavy atom. The van der Waals surface area contributed by atoms with E-state index in [1.54, 1.807) is 0 Å². The highest BCUT2D eigenvalue weighted by atomic mass is 32.2. The number of carboxylic acids is 1. The average Bonchev–Trinajstić information content (AvgIpc) is 2.87. The highest BCUT2D eigenvalue weighted by Crippen LogP contribution is 2.33. The first-order chi connectivity index (χ1) is 12.1. The van der Waals surface area contributed by atoms with Gasteiger partial charge in [0.15, 0.2) is 5.25 Å². The van der Waals surface area contributed by atoms with Gasteiger partial charge in [0, 0.05) is 29.9 Å². The summed E-state index contributed by atoms with van der Waals surface area (Å²) < 4.78 is 32.0. The van der Waals surface area contributed by atoms with Gasteiger partial charge in [-0.25, -0.2) is 0 Å². The van der Waals surface area contributed by atoms with Crippen LogP contribution in [-0.4, -0.2) is 46.0 Å². The topological polar surface area (TPSA) is 178 Å². The van der Waals surface area contributed by atoms with Gasteiger partial charge in [-0.3, -0.25) is 23.8 Å². The fourth-order valence-corrected chi connectivity index (χ4v) is 3.38. The molecule has 26 heavy (non-hydrogen) atoms. The van der Waals surface area contributed by atoms with Crippen molar-refractivity contribution in [2.45, 2.75) is 30.6 Å². The molecule has 138 valence electrons. The molecule has 1 aromatic carbocycles. The highest BCUT2D eigenvalue weighted by Gasteiger charge is 2.41. The molecule has 1 fully saturated rings. The van der Waals surface area contributed by atoms with Gasteiger partial charge in [0.25, 0.3) is 10.1 Å². The zero-order valence-corrected chi connectivity index (χ0v) is 14.0. The predicted molar refractivity (Wildman–Crippen MR) is 86.7 cm³/mol. The number of benzene rings is 1. The van der Waals surface area contributed by atoms with Crippen molar-refractivity contribution in [2.24, 2.45) is 5.11 Å². The van der Waals surface area contributed by atoms with Gasteiger partial charge in [0.1, 0.15) is 0 Å². The van der Waals surface area contributed by atoms with E-state index in [0.717, 1.165) is 4.90 Å². The van der Waals surface area contributed by atoms with E-state index in [4.69, 9.17) is 10.6 Å². The second-order valence-corrected chi connectivity index (χ2v) is 7.13. The van der Waals surface area contributed by atoms with Gasteiger partial charge in [-0.05, 0) is 11.1 Å². The highest BCUT2D eigenvalue weighted by molar-refractivity contribution is 7.87. The number of likely N-dealkylation sites (tertiary alicyclic amines) is 1. The van der Waals surface area contributed by atoms with Gasteiger partial charge in [-0.15, -0.1) is 0 Å². The molecule has 1 saturated heterocycles. The van der Waals surface area contributed by atoms with Crippen LogP contribution in [0, 0.1) is 0 Å². The Balaban J connectivity index is 2.48. The molecule has 1 aromatic rings. The maximum absolute atomic E-state index is 12.0. The van der Waals surface area contributed by atoms with Crippen LogP contribution in [0.25, 0.3) is 10.4 Å². The molecular weight excluding hydrogens is 368 g/mol. The lowest BCUT2D eigenvalue weighted by Crippen LogP contribution is -2.39. The van der Waals surface area contributed by atoms with Crippen LogP contribution in [0.1, 0.15) is 30.9 Å². The van der Waals surface area contributed by atoms with Crippen molar-refractivity contribution in [3.63, 3.8) is 0 Å². The maximum atomic E-state index is 12.0. The number of aliphatic carboxylic acids is 1. The SMILES string of the molecule is [N-]=[N+]=Nc1ccc(C(CC(C(=O)O)S(=O)(=O)O)N2C(=O)CCC2=O)cc1. The lowest BCUT2D eigenvalue weighted by Gasteiger charge is -2.28. The van der Waals surface area contributed by atoms with E-state index in [9.17, 15) is 27.4 Å². The van der Waals surface area contributed by atoms with Gasteiger partial charge < -0.3 is 5.11 Å². The molecule has 2 atom stereocenters. The third kappa shape index (κ3) is 4.17. The first-order valence-electron chi connectivity index (χ1n) is 7.34. The molecule has 2 rings (SSSR count). The molecule has 2 unspecified atom stereocenters. The summed E-state index contributed by atoms with van der Waals surface area (Å²) >= 11 is 0. The molecular formula is C14H14N4O7S. The van der Waals surface area contributed by atoms with Crippen LogP contribution in [0.15, 0.2) is 29.4 Å². The Kier molecular flexibility index (Phi) is 5.60. The number of carboxylic acid groups (broad SMARTS) is 1. The van der Waals surface area contributed by atoms with Crippen LogP contribution in [-0.2, 0) is 24.5 Å². The lowest BCUT2D eigenvalue weighted by molar-refractivity contribution is -0.143. The van der Waals surface area contributed by atoms with E-state index in [0.29, 0.717) is 0 Å². The van der Waals surface area contributed by atoms with Crippen molar-refractivity contribution in [2.75, 3.05) is 0 Å². The third-order valence-electron chi connectivity index (χ3n) is 3.91. The summed E-state index contributed by atoms with van der Waals surface area (Å²) in [7, 11) is -4.96. The van der Waals surface area contributed by atoms with E-state index in [1.165, 1.54) is 24.3 Å². The summed E-state index contributed by atoms with van der Waals surface area (Å²) in [4.78, 5) is 38.8. The van der Waals surface area contributed by atoms with Crippen molar-refractivity contribution < 1.29 is 32.5 Å². The van der Waals surface area contributed by atoms with Crippen LogP contribution in [0.3, 0.4) is 0 Å². The number of carbonyl (C=O) groups is 3. The summed E-state index contributed by atoms with van der Waals surface area (Å²) in [6.45, 7) is 0. The molecule has 0 bridgehead atoms. The summed E-state index contributed by atoms with van der Waals surface area (Å²) in [5.41, 5.74) is 8.91. The van der Waals surface area contributed by atoms with Crippen LogP contribution in [0.2, 0.25) is 0 Å². The molecule has 0 spiro atoms. The fourth-order valence-electron chi connectivity index (χ4n) is 2.70. The molecule has 1 aliphatic rings. The van der Waals surface area contributed by atoms with Gasteiger partial charge in [0.05, 0.1) is 6.04 Å². The van der Waals surface area contributed by atoms with Crippen molar-refractivity contribution in [3.8, 4) is 0 Å². The first-order valence-corrected chi connectivity index (χ1v) is 8.84. The molecule has 0 saturated carbocycles. The maximum Gasteiger partial charge on any atom is 0.324 e. The van der Waals surface area contributed by atoms with Crippen LogP contribution >= 0.6 is 0 Å². The van der Waals surface area contributed by atoms with Crippen molar-refractivity contribution >= 4 is 33.6 Å². The molecule has 1 aliphatic heterocycles. The first kappa shape index (κ1) is 19.4. The van der Waals surface area contributed by atoms with E-state index in [2.05, 4.69) is 10.0 Å². The van der Waals surface area contributed by atoms with Crippen molar-refractivity contribution in [3.05, 3.63) is 40.3 Å². The molecule has 2 N–H and O–H groups in total. The van der Waals surface area contributed by atoms with Crippen LogP contribution < -0.4 is 0 Å². The van der Waals surface area contributed by atoms with E-state index in [1.807, 2.05) is 0 Å². The summed E-state index contributed by atoms with van der Waals surface area (Å²) in [5.74, 6) is -2.94. The van der Waals surface area contributed by atoms with Crippen LogP contribution in [0.5, 0.6) is 0 Å². The number of rotatable bonds is 7. The largest absolute Gasteiger partial charge is 0.480 e. The van der Waals surface area contributed by atoms with Gasteiger partial charge >= 0.3 is 5.97 Å². The number of imide groups is 1. The zero-order chi connectivity index (χ0) is 19.5. The van der Waals surface area contributed by atoms with Gasteiger partial charge in [-0.1, -0.05) is 29.4 Å². The van der Waals surface area contributed by atoms with Crippen molar-refractivity contribution in [1.29, 1.82) is 0 Å².